The number of halogens is 2. The van der Waals surface area contributed by atoms with Gasteiger partial charge in [0.2, 0.25) is 0 Å². The molecule has 0 bridgehead atoms. The summed E-state index contributed by atoms with van der Waals surface area (Å²) in [5.41, 5.74) is 3.64. The number of para-hydroxylation sites is 1. The summed E-state index contributed by atoms with van der Waals surface area (Å²) in [6.45, 7) is 4.40. The molecule has 202 valence electrons. The molecule has 1 amide bonds. The lowest BCUT2D eigenvalue weighted by Crippen LogP contribution is -2.38. The summed E-state index contributed by atoms with van der Waals surface area (Å²) in [6.07, 6.45) is 1.41. The Bertz CT molecular complexity index is 1720. The quantitative estimate of drug-likeness (QED) is 0.190. The highest BCUT2D eigenvalue weighted by Gasteiger charge is 2.30. The lowest BCUT2D eigenvalue weighted by Gasteiger charge is -2.33. The average molecular weight is 571 g/mol. The molecule has 5 aromatic rings. The van der Waals surface area contributed by atoms with E-state index in [1.807, 2.05) is 79.7 Å². The number of hydrogen-bond donors (Lipinski definition) is 0. The van der Waals surface area contributed by atoms with E-state index in [0.717, 1.165) is 12.0 Å². The van der Waals surface area contributed by atoms with Crippen molar-refractivity contribution >= 4 is 40.0 Å². The second-order valence-electron chi connectivity index (χ2n) is 9.62. The van der Waals surface area contributed by atoms with Crippen molar-refractivity contribution in [3.63, 3.8) is 0 Å². The van der Waals surface area contributed by atoms with Crippen molar-refractivity contribution < 1.29 is 4.79 Å². The summed E-state index contributed by atoms with van der Waals surface area (Å²) >= 11 is 12.5. The van der Waals surface area contributed by atoms with E-state index < -0.39 is 6.04 Å². The predicted octanol–water partition coefficient (Wildman–Crippen LogP) is 8.05. The third kappa shape index (κ3) is 5.53. The monoisotopic (exact) mass is 569 g/mol. The van der Waals surface area contributed by atoms with E-state index in [4.69, 9.17) is 28.2 Å². The van der Waals surface area contributed by atoms with Gasteiger partial charge in [-0.3, -0.25) is 14.2 Å². The molecule has 0 saturated heterocycles. The molecule has 7 heteroatoms. The molecule has 1 unspecified atom stereocenters. The first-order valence-corrected chi connectivity index (χ1v) is 14.1. The number of carbonyl (C=O) groups is 1. The zero-order valence-corrected chi connectivity index (χ0v) is 23.9. The summed E-state index contributed by atoms with van der Waals surface area (Å²) in [7, 11) is 0. The van der Waals surface area contributed by atoms with Crippen LogP contribution in [0.1, 0.15) is 53.6 Å². The summed E-state index contributed by atoms with van der Waals surface area (Å²) < 4.78 is 1.65. The Morgan fingerprint density at radius 3 is 2.23 bits per heavy atom. The number of aromatic nitrogens is 2. The molecule has 0 fully saturated rings. The van der Waals surface area contributed by atoms with Crippen LogP contribution in [0.3, 0.4) is 0 Å². The van der Waals surface area contributed by atoms with Crippen LogP contribution in [0.2, 0.25) is 10.0 Å². The lowest BCUT2D eigenvalue weighted by molar-refractivity contribution is 0.0640. The van der Waals surface area contributed by atoms with E-state index >= 15 is 0 Å². The van der Waals surface area contributed by atoms with Gasteiger partial charge in [0.25, 0.3) is 11.5 Å². The number of hydrogen-bond acceptors (Lipinski definition) is 3. The molecular weight excluding hydrogens is 541 g/mol. The van der Waals surface area contributed by atoms with E-state index in [0.29, 0.717) is 51.0 Å². The Balaban J connectivity index is 1.73. The van der Waals surface area contributed by atoms with Gasteiger partial charge in [-0.15, -0.1) is 0 Å². The molecule has 40 heavy (non-hydrogen) atoms. The molecule has 0 spiro atoms. The third-order valence-electron chi connectivity index (χ3n) is 7.09. The molecule has 1 atom stereocenters. The highest BCUT2D eigenvalue weighted by molar-refractivity contribution is 6.42. The maximum Gasteiger partial charge on any atom is 0.266 e. The summed E-state index contributed by atoms with van der Waals surface area (Å²) in [5, 5.41) is 1.20. The minimum absolute atomic E-state index is 0.176. The number of amides is 1. The molecule has 0 aliphatic carbocycles. The van der Waals surface area contributed by atoms with Crippen molar-refractivity contribution in [3.8, 4) is 5.69 Å². The molecule has 5 nitrogen and oxygen atoms in total. The second kappa shape index (κ2) is 12.1. The highest BCUT2D eigenvalue weighted by Crippen LogP contribution is 2.31. The fourth-order valence-electron chi connectivity index (χ4n) is 4.94. The van der Waals surface area contributed by atoms with E-state index in [9.17, 15) is 9.59 Å². The maximum absolute atomic E-state index is 14.2. The summed E-state index contributed by atoms with van der Waals surface area (Å²) in [6, 6.07) is 29.4. The van der Waals surface area contributed by atoms with Crippen LogP contribution in [0.5, 0.6) is 0 Å². The van der Waals surface area contributed by atoms with Crippen LogP contribution < -0.4 is 5.56 Å². The first kappa shape index (κ1) is 27.6. The minimum atomic E-state index is -0.523. The van der Waals surface area contributed by atoms with Gasteiger partial charge in [0.1, 0.15) is 5.82 Å². The Morgan fingerprint density at radius 2 is 1.55 bits per heavy atom. The van der Waals surface area contributed by atoms with Gasteiger partial charge in [0, 0.05) is 12.1 Å². The number of rotatable bonds is 8. The topological polar surface area (TPSA) is 55.2 Å². The van der Waals surface area contributed by atoms with Gasteiger partial charge in [-0.25, -0.2) is 4.98 Å². The lowest BCUT2D eigenvalue weighted by atomic mass is 10.1. The smallest absolute Gasteiger partial charge is 0.266 e. The van der Waals surface area contributed by atoms with Crippen molar-refractivity contribution in [1.82, 2.24) is 14.5 Å². The molecule has 0 aliphatic rings. The summed E-state index contributed by atoms with van der Waals surface area (Å²) in [4.78, 5) is 35.0. The van der Waals surface area contributed by atoms with Crippen LogP contribution in [0, 0.1) is 0 Å². The zero-order chi connectivity index (χ0) is 28.2. The number of carbonyl (C=O) groups excluding carboxylic acids is 1. The molecule has 1 aromatic heterocycles. The number of fused-ring (bicyclic) bond motifs is 1. The molecule has 0 N–H and O–H groups in total. The maximum atomic E-state index is 14.2. The van der Waals surface area contributed by atoms with Crippen LogP contribution in [0.15, 0.2) is 102 Å². The fourth-order valence-corrected chi connectivity index (χ4v) is 5.24. The van der Waals surface area contributed by atoms with Crippen molar-refractivity contribution in [1.29, 1.82) is 0 Å². The van der Waals surface area contributed by atoms with Crippen molar-refractivity contribution in [2.24, 2.45) is 0 Å². The van der Waals surface area contributed by atoms with Gasteiger partial charge in [0.15, 0.2) is 0 Å². The molecule has 1 heterocycles. The van der Waals surface area contributed by atoms with Crippen LogP contribution in [0.25, 0.3) is 16.6 Å². The third-order valence-corrected chi connectivity index (χ3v) is 7.83. The van der Waals surface area contributed by atoms with Gasteiger partial charge in [-0.2, -0.15) is 0 Å². The Hall–Kier alpha value is -3.93. The van der Waals surface area contributed by atoms with Crippen LogP contribution in [-0.4, -0.2) is 20.4 Å². The SMILES string of the molecule is CCc1ccc(-n2c(C(CC)N(Cc3ccccc3)C(=O)c3ccc(Cl)c(Cl)c3)nc3ccccc3c2=O)cc1. The van der Waals surface area contributed by atoms with Gasteiger partial charge < -0.3 is 4.90 Å². The Labute approximate surface area is 243 Å². The largest absolute Gasteiger partial charge is 0.324 e. The summed E-state index contributed by atoms with van der Waals surface area (Å²) in [5.74, 6) is 0.268. The number of benzene rings is 4. The second-order valence-corrected chi connectivity index (χ2v) is 10.4. The van der Waals surface area contributed by atoms with Gasteiger partial charge >= 0.3 is 0 Å². The molecule has 4 aromatic carbocycles. The zero-order valence-electron chi connectivity index (χ0n) is 22.4. The number of aryl methyl sites for hydroxylation is 1. The average Bonchev–Trinajstić information content (AvgIpc) is 2.99. The fraction of sp³-hybridized carbons (Fsp3) is 0.182. The van der Waals surface area contributed by atoms with E-state index in [1.165, 1.54) is 5.56 Å². The highest BCUT2D eigenvalue weighted by atomic mass is 35.5. The first-order valence-electron chi connectivity index (χ1n) is 13.3. The van der Waals surface area contributed by atoms with Crippen LogP contribution >= 0.6 is 23.2 Å². The van der Waals surface area contributed by atoms with E-state index in [1.54, 1.807) is 33.7 Å². The normalized spacial score (nSPS) is 11.9. The Morgan fingerprint density at radius 1 is 0.850 bits per heavy atom. The first-order chi connectivity index (χ1) is 19.4. The molecule has 0 radical (unpaired) electrons. The molecular formula is C33H29Cl2N3O2. The standard InChI is InChI=1S/C33H29Cl2N3O2/c1-3-22-14-17-25(18-15-22)38-31(36-29-13-9-8-12-26(29)33(38)40)30(4-2)37(21-23-10-6-5-7-11-23)32(39)24-16-19-27(34)28(35)20-24/h5-20,30H,3-4,21H2,1-2H3. The van der Waals surface area contributed by atoms with Crippen molar-refractivity contribution in [3.05, 3.63) is 140 Å². The van der Waals surface area contributed by atoms with Crippen molar-refractivity contribution in [2.75, 3.05) is 0 Å². The van der Waals surface area contributed by atoms with E-state index in [2.05, 4.69) is 6.92 Å². The van der Waals surface area contributed by atoms with Crippen LogP contribution in [0.4, 0.5) is 0 Å². The van der Waals surface area contributed by atoms with Gasteiger partial charge in [-0.1, -0.05) is 91.6 Å². The van der Waals surface area contributed by atoms with Crippen LogP contribution in [-0.2, 0) is 13.0 Å². The van der Waals surface area contributed by atoms with Crippen molar-refractivity contribution in [2.45, 2.75) is 39.3 Å². The number of nitrogens with zero attached hydrogens (tertiary/aromatic N) is 3. The Kier molecular flexibility index (Phi) is 8.34. The molecule has 0 aliphatic heterocycles. The van der Waals surface area contributed by atoms with Gasteiger partial charge in [-0.05, 0) is 66.4 Å². The minimum Gasteiger partial charge on any atom is -0.324 e. The van der Waals surface area contributed by atoms with E-state index in [-0.39, 0.29) is 11.5 Å². The van der Waals surface area contributed by atoms with Gasteiger partial charge in [0.05, 0.1) is 32.7 Å². The predicted molar refractivity (Wildman–Crippen MR) is 163 cm³/mol. The molecule has 5 rings (SSSR count). The molecule has 0 saturated carbocycles.